The molecule has 1 unspecified atom stereocenters. The minimum Gasteiger partial charge on any atom is -0.416 e. The third-order valence-electron chi connectivity index (χ3n) is 5.13. The van der Waals surface area contributed by atoms with Crippen molar-refractivity contribution >= 4 is 0 Å². The van der Waals surface area contributed by atoms with Gasteiger partial charge in [0.25, 0.3) is 0 Å². The van der Waals surface area contributed by atoms with Crippen molar-refractivity contribution in [3.63, 3.8) is 0 Å². The minimum atomic E-state index is 0.385. The van der Waals surface area contributed by atoms with Gasteiger partial charge in [-0.2, -0.15) is 0 Å². The molecule has 0 N–H and O–H groups in total. The molecule has 3 aromatic carbocycles. The molecule has 0 spiro atoms. The summed E-state index contributed by atoms with van der Waals surface area (Å²) in [5, 5.41) is 8.47. The van der Waals surface area contributed by atoms with Gasteiger partial charge in [0.2, 0.25) is 11.8 Å². The zero-order valence-corrected chi connectivity index (χ0v) is 16.6. The molecule has 0 aliphatic rings. The summed E-state index contributed by atoms with van der Waals surface area (Å²) in [6.07, 6.45) is 4.25. The normalized spacial score (nSPS) is 11.9. The second-order valence-electron chi connectivity index (χ2n) is 7.11. The molecule has 1 atom stereocenters. The van der Waals surface area contributed by atoms with Gasteiger partial charge in [-0.25, -0.2) is 0 Å². The van der Waals surface area contributed by atoms with E-state index in [0.717, 1.165) is 29.5 Å². The summed E-state index contributed by atoms with van der Waals surface area (Å²) in [6.45, 7) is 6.15. The van der Waals surface area contributed by atoms with Crippen molar-refractivity contribution in [1.82, 2.24) is 10.2 Å². The van der Waals surface area contributed by atoms with Crippen LogP contribution in [0.3, 0.4) is 0 Å². The van der Waals surface area contributed by atoms with Crippen LogP contribution in [0.4, 0.5) is 0 Å². The van der Waals surface area contributed by atoms with Gasteiger partial charge < -0.3 is 4.42 Å². The van der Waals surface area contributed by atoms with E-state index in [-0.39, 0.29) is 0 Å². The molecule has 3 heteroatoms. The summed E-state index contributed by atoms with van der Waals surface area (Å²) in [6, 6.07) is 26.8. The number of hydrogen-bond acceptors (Lipinski definition) is 3. The molecule has 29 heavy (non-hydrogen) atoms. The van der Waals surface area contributed by atoms with Crippen LogP contribution >= 0.6 is 0 Å². The zero-order chi connectivity index (χ0) is 20.1. The number of benzene rings is 3. The molecule has 0 aliphatic carbocycles. The fraction of sp³-hybridized carbons (Fsp3) is 0.154. The van der Waals surface area contributed by atoms with Gasteiger partial charge in [-0.1, -0.05) is 74.0 Å². The Kier molecular flexibility index (Phi) is 5.66. The highest BCUT2D eigenvalue weighted by Gasteiger charge is 2.12. The van der Waals surface area contributed by atoms with Crippen molar-refractivity contribution in [2.24, 2.45) is 0 Å². The van der Waals surface area contributed by atoms with Crippen LogP contribution in [0.5, 0.6) is 0 Å². The first-order chi connectivity index (χ1) is 14.3. The number of rotatable bonds is 7. The second kappa shape index (κ2) is 8.70. The molecule has 4 rings (SSSR count). The van der Waals surface area contributed by atoms with Crippen molar-refractivity contribution in [3.05, 3.63) is 97.1 Å². The topological polar surface area (TPSA) is 38.9 Å². The van der Waals surface area contributed by atoms with E-state index >= 15 is 0 Å². The average molecular weight is 380 g/mol. The predicted octanol–water partition coefficient (Wildman–Crippen LogP) is 7.14. The monoisotopic (exact) mass is 380 g/mol. The van der Waals surface area contributed by atoms with Crippen LogP contribution in [0.1, 0.15) is 31.2 Å². The van der Waals surface area contributed by atoms with E-state index in [0.29, 0.717) is 17.7 Å². The molecule has 0 saturated heterocycles. The van der Waals surface area contributed by atoms with Gasteiger partial charge in [-0.05, 0) is 47.4 Å². The Morgan fingerprint density at radius 1 is 0.759 bits per heavy atom. The Labute approximate surface area is 171 Å². The van der Waals surface area contributed by atoms with Gasteiger partial charge in [0.15, 0.2) is 0 Å². The van der Waals surface area contributed by atoms with Gasteiger partial charge in [0, 0.05) is 17.0 Å². The van der Waals surface area contributed by atoms with Crippen molar-refractivity contribution in [2.75, 3.05) is 0 Å². The first kappa shape index (κ1) is 18.9. The fourth-order valence-corrected chi connectivity index (χ4v) is 3.50. The van der Waals surface area contributed by atoms with Crippen LogP contribution in [0.2, 0.25) is 0 Å². The number of allylic oxidation sites excluding steroid dienone is 1. The van der Waals surface area contributed by atoms with Crippen molar-refractivity contribution < 1.29 is 4.42 Å². The molecule has 0 amide bonds. The summed E-state index contributed by atoms with van der Waals surface area (Å²) in [5.41, 5.74) is 5.45. The molecule has 0 radical (unpaired) electrons. The highest BCUT2D eigenvalue weighted by Crippen LogP contribution is 2.28. The highest BCUT2D eigenvalue weighted by atomic mass is 16.4. The van der Waals surface area contributed by atoms with Gasteiger partial charge in [-0.15, -0.1) is 16.8 Å². The van der Waals surface area contributed by atoms with Crippen LogP contribution < -0.4 is 0 Å². The number of hydrogen-bond donors (Lipinski definition) is 0. The first-order valence-electron chi connectivity index (χ1n) is 10.0. The third-order valence-corrected chi connectivity index (χ3v) is 5.13. The highest BCUT2D eigenvalue weighted by molar-refractivity contribution is 5.67. The Balaban J connectivity index is 1.53. The molecule has 0 fully saturated rings. The van der Waals surface area contributed by atoms with E-state index in [9.17, 15) is 0 Å². The van der Waals surface area contributed by atoms with Gasteiger partial charge in [-0.3, -0.25) is 0 Å². The third kappa shape index (κ3) is 4.19. The summed E-state index contributed by atoms with van der Waals surface area (Å²) < 4.78 is 5.93. The lowest BCUT2D eigenvalue weighted by Crippen LogP contribution is -1.94. The molecule has 0 bridgehead atoms. The fourth-order valence-electron chi connectivity index (χ4n) is 3.50. The second-order valence-corrected chi connectivity index (χ2v) is 7.11. The number of nitrogens with zero attached hydrogens (tertiary/aromatic N) is 2. The van der Waals surface area contributed by atoms with Crippen molar-refractivity contribution in [3.8, 4) is 34.0 Å². The van der Waals surface area contributed by atoms with E-state index in [4.69, 9.17) is 4.42 Å². The maximum absolute atomic E-state index is 5.93. The van der Waals surface area contributed by atoms with Crippen molar-refractivity contribution in [2.45, 2.75) is 25.7 Å². The largest absolute Gasteiger partial charge is 0.416 e. The van der Waals surface area contributed by atoms with Gasteiger partial charge in [0.1, 0.15) is 0 Å². The summed E-state index contributed by atoms with van der Waals surface area (Å²) in [5.74, 6) is 1.44. The summed E-state index contributed by atoms with van der Waals surface area (Å²) in [7, 11) is 0. The van der Waals surface area contributed by atoms with Crippen molar-refractivity contribution in [1.29, 1.82) is 0 Å². The Hall–Kier alpha value is -3.46. The van der Waals surface area contributed by atoms with Crippen LogP contribution in [-0.2, 0) is 0 Å². The molecular weight excluding hydrogens is 356 g/mol. The summed E-state index contributed by atoms with van der Waals surface area (Å²) in [4.78, 5) is 0. The average Bonchev–Trinajstić information content (AvgIpc) is 3.29. The lowest BCUT2D eigenvalue weighted by molar-refractivity contribution is 0.584. The lowest BCUT2D eigenvalue weighted by Gasteiger charge is -2.11. The SMILES string of the molecule is C=CC(CCC)c1ccc(-c2nnc(-c3ccc(-c4ccccc4)cc3)o2)cc1. The standard InChI is InChI=1S/C26H24N2O/c1-3-8-19(4-2)21-11-15-23(16-12-21)25-27-28-26(29-25)24-17-13-22(14-18-24)20-9-6-5-7-10-20/h4-7,9-19H,2-3,8H2,1H3. The molecule has 144 valence electrons. The van der Waals surface area contributed by atoms with Crippen LogP contribution in [0, 0.1) is 0 Å². The minimum absolute atomic E-state index is 0.385. The molecule has 1 heterocycles. The van der Waals surface area contributed by atoms with E-state index < -0.39 is 0 Å². The first-order valence-corrected chi connectivity index (χ1v) is 10.0. The molecule has 3 nitrogen and oxygen atoms in total. The Morgan fingerprint density at radius 2 is 1.28 bits per heavy atom. The maximum Gasteiger partial charge on any atom is 0.248 e. The quantitative estimate of drug-likeness (QED) is 0.320. The molecule has 1 aromatic heterocycles. The van der Waals surface area contributed by atoms with Gasteiger partial charge in [0.05, 0.1) is 0 Å². The zero-order valence-electron chi connectivity index (χ0n) is 16.6. The van der Waals surface area contributed by atoms with Crippen LogP contribution in [-0.4, -0.2) is 10.2 Å². The molecule has 0 aliphatic heterocycles. The number of aromatic nitrogens is 2. The smallest absolute Gasteiger partial charge is 0.248 e. The molecule has 0 saturated carbocycles. The predicted molar refractivity (Wildman–Crippen MR) is 118 cm³/mol. The molecular formula is C26H24N2O. The maximum atomic E-state index is 5.93. The van der Waals surface area contributed by atoms with E-state index in [1.54, 1.807) is 0 Å². The van der Waals surface area contributed by atoms with Crippen LogP contribution in [0.15, 0.2) is 95.9 Å². The van der Waals surface area contributed by atoms with E-state index in [2.05, 4.69) is 60.1 Å². The van der Waals surface area contributed by atoms with E-state index in [1.165, 1.54) is 11.1 Å². The molecule has 4 aromatic rings. The Bertz CT molecular complexity index is 1060. The Morgan fingerprint density at radius 3 is 1.83 bits per heavy atom. The van der Waals surface area contributed by atoms with Crippen LogP contribution in [0.25, 0.3) is 34.0 Å². The van der Waals surface area contributed by atoms with Gasteiger partial charge >= 0.3 is 0 Å². The van der Waals surface area contributed by atoms with E-state index in [1.807, 2.05) is 48.5 Å². The summed E-state index contributed by atoms with van der Waals surface area (Å²) >= 11 is 0. The lowest BCUT2D eigenvalue weighted by atomic mass is 9.94.